The number of hydrogen-bond donors (Lipinski definition) is 1. The minimum Gasteiger partial charge on any atom is -0.490 e. The Balaban J connectivity index is 1.65. The van der Waals surface area contributed by atoms with E-state index in [0.717, 1.165) is 22.2 Å². The lowest BCUT2D eigenvalue weighted by Crippen LogP contribution is -2.36. The Labute approximate surface area is 177 Å². The van der Waals surface area contributed by atoms with Crippen molar-refractivity contribution in [1.82, 2.24) is 4.90 Å². The fraction of sp³-hybridized carbons (Fsp3) is 0.0952. The van der Waals surface area contributed by atoms with Gasteiger partial charge < -0.3 is 10.1 Å². The number of thioether (sulfide) groups is 1. The fourth-order valence-electron chi connectivity index (χ4n) is 2.51. The van der Waals surface area contributed by atoms with E-state index in [1.165, 1.54) is 0 Å². The first-order valence-electron chi connectivity index (χ1n) is 8.61. The van der Waals surface area contributed by atoms with Crippen LogP contribution in [-0.2, 0) is 9.59 Å². The smallest absolute Gasteiger partial charge is 0.294 e. The van der Waals surface area contributed by atoms with Crippen LogP contribution in [0.25, 0.3) is 6.08 Å². The van der Waals surface area contributed by atoms with Crippen molar-refractivity contribution in [3.63, 3.8) is 0 Å². The quantitative estimate of drug-likeness (QED) is 0.516. The summed E-state index contributed by atoms with van der Waals surface area (Å²) in [6.07, 6.45) is 3.25. The second-order valence-corrected chi connectivity index (χ2v) is 7.42. The van der Waals surface area contributed by atoms with E-state index in [1.807, 2.05) is 0 Å². The van der Waals surface area contributed by atoms with Crippen molar-refractivity contribution < 1.29 is 19.1 Å². The molecule has 2 aromatic rings. The summed E-state index contributed by atoms with van der Waals surface area (Å²) in [7, 11) is 0. The van der Waals surface area contributed by atoms with Crippen LogP contribution in [0.15, 0.2) is 66.1 Å². The zero-order chi connectivity index (χ0) is 20.8. The second-order valence-electron chi connectivity index (χ2n) is 6.00. The van der Waals surface area contributed by atoms with Gasteiger partial charge in [0.05, 0.1) is 4.91 Å². The Morgan fingerprint density at radius 1 is 1.21 bits per heavy atom. The topological polar surface area (TPSA) is 75.7 Å². The van der Waals surface area contributed by atoms with Crippen LogP contribution in [-0.4, -0.2) is 35.1 Å². The average molecular weight is 429 g/mol. The Morgan fingerprint density at radius 2 is 1.97 bits per heavy atom. The zero-order valence-corrected chi connectivity index (χ0v) is 16.8. The Morgan fingerprint density at radius 3 is 2.66 bits per heavy atom. The van der Waals surface area contributed by atoms with Gasteiger partial charge in [-0.1, -0.05) is 42.5 Å². The molecule has 1 aliphatic heterocycles. The van der Waals surface area contributed by atoms with Crippen molar-refractivity contribution in [3.05, 3.63) is 76.7 Å². The number of nitrogens with one attached hydrogen (secondary N) is 1. The number of amides is 3. The molecule has 1 aliphatic rings. The number of imide groups is 1. The molecule has 2 aromatic carbocycles. The van der Waals surface area contributed by atoms with E-state index in [4.69, 9.17) is 16.3 Å². The Kier molecular flexibility index (Phi) is 6.74. The lowest BCUT2D eigenvalue weighted by atomic mass is 10.2. The molecule has 1 heterocycles. The van der Waals surface area contributed by atoms with Crippen LogP contribution >= 0.6 is 23.4 Å². The highest BCUT2D eigenvalue weighted by Crippen LogP contribution is 2.32. The summed E-state index contributed by atoms with van der Waals surface area (Å²) in [5.74, 6) is -0.319. The van der Waals surface area contributed by atoms with Crippen molar-refractivity contribution in [2.45, 2.75) is 0 Å². The number of rotatable bonds is 7. The van der Waals surface area contributed by atoms with E-state index in [-0.39, 0.29) is 11.4 Å². The number of halogens is 1. The van der Waals surface area contributed by atoms with Crippen LogP contribution < -0.4 is 10.1 Å². The first-order chi connectivity index (χ1) is 14.0. The van der Waals surface area contributed by atoms with Gasteiger partial charge in [-0.25, -0.2) is 0 Å². The van der Waals surface area contributed by atoms with E-state index in [1.54, 1.807) is 60.7 Å². The van der Waals surface area contributed by atoms with Gasteiger partial charge >= 0.3 is 0 Å². The molecule has 0 aliphatic carbocycles. The molecule has 0 bridgehead atoms. The van der Waals surface area contributed by atoms with Gasteiger partial charge in [0.25, 0.3) is 11.1 Å². The van der Waals surface area contributed by atoms with Gasteiger partial charge in [-0.05, 0) is 53.7 Å². The second kappa shape index (κ2) is 9.45. The largest absolute Gasteiger partial charge is 0.490 e. The summed E-state index contributed by atoms with van der Waals surface area (Å²) >= 11 is 6.68. The lowest BCUT2D eigenvalue weighted by molar-refractivity contribution is -0.127. The predicted octanol–water partition coefficient (Wildman–Crippen LogP) is 4.58. The average Bonchev–Trinajstić information content (AvgIpc) is 2.95. The van der Waals surface area contributed by atoms with Crippen LogP contribution in [0.1, 0.15) is 5.56 Å². The number of carbonyl (C=O) groups excluding carboxylic acids is 3. The van der Waals surface area contributed by atoms with Gasteiger partial charge in [-0.3, -0.25) is 19.3 Å². The Hall–Kier alpha value is -3.03. The van der Waals surface area contributed by atoms with Crippen LogP contribution in [0.4, 0.5) is 10.5 Å². The number of nitrogens with zero attached hydrogens (tertiary/aromatic N) is 1. The first-order valence-corrected chi connectivity index (χ1v) is 9.80. The van der Waals surface area contributed by atoms with E-state index in [2.05, 4.69) is 11.9 Å². The minimum absolute atomic E-state index is 0.255. The molecule has 1 N–H and O–H groups in total. The third-order valence-corrected chi connectivity index (χ3v) is 4.97. The molecule has 29 heavy (non-hydrogen) atoms. The maximum absolute atomic E-state index is 12.5. The normalized spacial score (nSPS) is 14.9. The summed E-state index contributed by atoms with van der Waals surface area (Å²) in [5.41, 5.74) is 1.23. The molecule has 0 saturated carbocycles. The number of hydrogen-bond acceptors (Lipinski definition) is 5. The molecular formula is C21H17ClN2O4S. The summed E-state index contributed by atoms with van der Waals surface area (Å²) in [5, 5.41) is 2.60. The summed E-state index contributed by atoms with van der Waals surface area (Å²) < 4.78 is 5.41. The van der Waals surface area contributed by atoms with Crippen molar-refractivity contribution >= 4 is 52.2 Å². The number of benzene rings is 2. The molecule has 0 radical (unpaired) electrons. The van der Waals surface area contributed by atoms with Crippen LogP contribution in [0, 0.1) is 0 Å². The molecule has 8 heteroatoms. The highest BCUT2D eigenvalue weighted by molar-refractivity contribution is 8.18. The fourth-order valence-corrected chi connectivity index (χ4v) is 3.54. The van der Waals surface area contributed by atoms with E-state index in [0.29, 0.717) is 23.1 Å². The van der Waals surface area contributed by atoms with Crippen molar-refractivity contribution in [2.24, 2.45) is 0 Å². The van der Waals surface area contributed by atoms with Crippen LogP contribution in [0.2, 0.25) is 5.02 Å². The van der Waals surface area contributed by atoms with Gasteiger partial charge in [0.2, 0.25) is 5.91 Å². The monoisotopic (exact) mass is 428 g/mol. The van der Waals surface area contributed by atoms with Crippen molar-refractivity contribution in [3.8, 4) is 5.75 Å². The summed E-state index contributed by atoms with van der Waals surface area (Å²) in [6, 6.07) is 13.7. The third-order valence-electron chi connectivity index (χ3n) is 3.83. The molecular weight excluding hydrogens is 412 g/mol. The molecule has 0 unspecified atom stereocenters. The van der Waals surface area contributed by atoms with Gasteiger partial charge in [0, 0.05) is 10.7 Å². The maximum atomic E-state index is 12.5. The SMILES string of the molecule is C=CCOc1ccc(/C=C2/SC(=O)N(CC(=O)Nc3cccc(Cl)c3)C2=O)cc1. The minimum atomic E-state index is -0.506. The molecule has 0 atom stereocenters. The number of carbonyl (C=O) groups is 3. The number of anilines is 1. The van der Waals surface area contributed by atoms with Gasteiger partial charge in [-0.2, -0.15) is 0 Å². The summed E-state index contributed by atoms with van der Waals surface area (Å²) in [4.78, 5) is 38.1. The summed E-state index contributed by atoms with van der Waals surface area (Å²) in [6.45, 7) is 3.61. The molecule has 148 valence electrons. The van der Waals surface area contributed by atoms with Crippen LogP contribution in [0.5, 0.6) is 5.75 Å². The predicted molar refractivity (Wildman–Crippen MR) is 115 cm³/mol. The highest BCUT2D eigenvalue weighted by atomic mass is 35.5. The molecule has 0 aromatic heterocycles. The molecule has 0 spiro atoms. The molecule has 1 fully saturated rings. The van der Waals surface area contributed by atoms with Crippen molar-refractivity contribution in [1.29, 1.82) is 0 Å². The Bertz CT molecular complexity index is 988. The number of ether oxygens (including phenoxy) is 1. The molecule has 3 amide bonds. The van der Waals surface area contributed by atoms with E-state index < -0.39 is 17.1 Å². The van der Waals surface area contributed by atoms with E-state index >= 15 is 0 Å². The van der Waals surface area contributed by atoms with Gasteiger partial charge in [0.15, 0.2) is 0 Å². The molecule has 1 saturated heterocycles. The van der Waals surface area contributed by atoms with Gasteiger partial charge in [0.1, 0.15) is 18.9 Å². The van der Waals surface area contributed by atoms with Gasteiger partial charge in [-0.15, -0.1) is 0 Å². The van der Waals surface area contributed by atoms with Crippen molar-refractivity contribution in [2.75, 3.05) is 18.5 Å². The third kappa shape index (κ3) is 5.49. The molecule has 3 rings (SSSR count). The highest BCUT2D eigenvalue weighted by Gasteiger charge is 2.36. The first kappa shape index (κ1) is 20.7. The van der Waals surface area contributed by atoms with E-state index in [9.17, 15) is 14.4 Å². The lowest BCUT2D eigenvalue weighted by Gasteiger charge is -2.12. The zero-order valence-electron chi connectivity index (χ0n) is 15.3. The standard InChI is InChI=1S/C21H17ClN2O4S/c1-2-10-28-17-8-6-14(7-9-17)11-18-20(26)24(21(27)29-18)13-19(25)23-16-5-3-4-15(22)12-16/h2-9,11-12H,1,10,13H2,(H,23,25)/b18-11+. The molecule has 6 nitrogen and oxygen atoms in total. The van der Waals surface area contributed by atoms with Crippen LogP contribution in [0.3, 0.4) is 0 Å². The maximum Gasteiger partial charge on any atom is 0.294 e.